The summed E-state index contributed by atoms with van der Waals surface area (Å²) in [4.78, 5) is 4.36. The number of imidazole rings is 1. The first-order valence-electron chi connectivity index (χ1n) is 6.21. The van der Waals surface area contributed by atoms with Gasteiger partial charge in [0, 0.05) is 25.6 Å². The fourth-order valence-corrected chi connectivity index (χ4v) is 1.77. The summed E-state index contributed by atoms with van der Waals surface area (Å²) in [5, 5.41) is 11.4. The van der Waals surface area contributed by atoms with E-state index in [2.05, 4.69) is 39.0 Å². The van der Waals surface area contributed by atoms with Gasteiger partial charge in [-0.3, -0.25) is 4.68 Å². The fourth-order valence-electron chi connectivity index (χ4n) is 1.77. The van der Waals surface area contributed by atoms with E-state index in [0.29, 0.717) is 12.5 Å². The van der Waals surface area contributed by atoms with Crippen LogP contribution in [0, 0.1) is 5.92 Å². The van der Waals surface area contributed by atoms with Crippen molar-refractivity contribution < 1.29 is 0 Å². The lowest BCUT2D eigenvalue weighted by Gasteiger charge is -2.09. The Kier molecular flexibility index (Phi) is 4.09. The minimum absolute atomic E-state index is 0.647. The monoisotopic (exact) mass is 248 g/mol. The van der Waals surface area contributed by atoms with E-state index in [-0.39, 0.29) is 0 Å². The van der Waals surface area contributed by atoms with Crippen LogP contribution in [0.25, 0.3) is 0 Å². The van der Waals surface area contributed by atoms with Gasteiger partial charge in [-0.2, -0.15) is 0 Å². The molecule has 6 heteroatoms. The topological polar surface area (TPSA) is 60.6 Å². The molecule has 0 aromatic carbocycles. The van der Waals surface area contributed by atoms with Crippen molar-refractivity contribution in [1.29, 1.82) is 0 Å². The molecule has 0 radical (unpaired) electrons. The molecule has 2 rings (SSSR count). The number of aryl methyl sites for hydroxylation is 1. The summed E-state index contributed by atoms with van der Waals surface area (Å²) >= 11 is 0. The maximum atomic E-state index is 4.36. The average Bonchev–Trinajstić information content (AvgIpc) is 2.89. The predicted octanol–water partition coefficient (Wildman–Crippen LogP) is 0.805. The predicted molar refractivity (Wildman–Crippen MR) is 68.9 cm³/mol. The molecule has 0 unspecified atom stereocenters. The molecular formula is C12H20N6. The highest BCUT2D eigenvalue weighted by Crippen LogP contribution is 2.02. The van der Waals surface area contributed by atoms with Crippen molar-refractivity contribution in [3.8, 4) is 0 Å². The zero-order valence-electron chi connectivity index (χ0n) is 11.2. The summed E-state index contributed by atoms with van der Waals surface area (Å²) in [5.41, 5.74) is 0.945. The van der Waals surface area contributed by atoms with Crippen molar-refractivity contribution in [2.45, 2.75) is 26.9 Å². The Balaban J connectivity index is 1.95. The standard InChI is InChI=1S/C12H20N6/c1-10(2)6-13-7-12-14-4-5-18(12)9-11-8-17(3)16-15-11/h4-5,8,10,13H,6-7,9H2,1-3H3. The smallest absolute Gasteiger partial charge is 0.123 e. The quantitative estimate of drug-likeness (QED) is 0.821. The van der Waals surface area contributed by atoms with Crippen LogP contribution in [0.15, 0.2) is 18.6 Å². The molecule has 0 aliphatic carbocycles. The Morgan fingerprint density at radius 2 is 2.22 bits per heavy atom. The molecule has 18 heavy (non-hydrogen) atoms. The van der Waals surface area contributed by atoms with E-state index in [9.17, 15) is 0 Å². The molecule has 0 aliphatic rings. The average molecular weight is 248 g/mol. The van der Waals surface area contributed by atoms with E-state index in [1.165, 1.54) is 0 Å². The first-order valence-corrected chi connectivity index (χ1v) is 6.21. The Bertz CT molecular complexity index is 484. The van der Waals surface area contributed by atoms with Gasteiger partial charge in [0.1, 0.15) is 11.5 Å². The number of hydrogen-bond donors (Lipinski definition) is 1. The summed E-state index contributed by atoms with van der Waals surface area (Å²) in [7, 11) is 1.87. The molecule has 0 saturated carbocycles. The number of rotatable bonds is 6. The van der Waals surface area contributed by atoms with Gasteiger partial charge in [0.05, 0.1) is 13.1 Å². The Hall–Kier alpha value is -1.69. The van der Waals surface area contributed by atoms with E-state index in [4.69, 9.17) is 0 Å². The first-order chi connectivity index (χ1) is 8.65. The highest BCUT2D eigenvalue weighted by atomic mass is 15.4. The van der Waals surface area contributed by atoms with Crippen LogP contribution in [-0.4, -0.2) is 31.1 Å². The van der Waals surface area contributed by atoms with E-state index >= 15 is 0 Å². The van der Waals surface area contributed by atoms with Gasteiger partial charge in [-0.25, -0.2) is 4.98 Å². The molecule has 0 aliphatic heterocycles. The van der Waals surface area contributed by atoms with Gasteiger partial charge in [-0.05, 0) is 12.5 Å². The maximum absolute atomic E-state index is 4.36. The normalized spacial score (nSPS) is 11.3. The number of aromatic nitrogens is 5. The second kappa shape index (κ2) is 5.77. The van der Waals surface area contributed by atoms with Crippen LogP contribution < -0.4 is 5.32 Å². The van der Waals surface area contributed by atoms with E-state index in [0.717, 1.165) is 24.6 Å². The van der Waals surface area contributed by atoms with Gasteiger partial charge < -0.3 is 9.88 Å². The molecular weight excluding hydrogens is 228 g/mol. The third kappa shape index (κ3) is 3.40. The van der Waals surface area contributed by atoms with Crippen molar-refractivity contribution in [3.63, 3.8) is 0 Å². The van der Waals surface area contributed by atoms with Crippen molar-refractivity contribution in [2.24, 2.45) is 13.0 Å². The second-order valence-electron chi connectivity index (χ2n) is 4.88. The lowest BCUT2D eigenvalue weighted by Crippen LogP contribution is -2.21. The lowest BCUT2D eigenvalue weighted by atomic mass is 10.2. The van der Waals surface area contributed by atoms with Gasteiger partial charge in [0.25, 0.3) is 0 Å². The molecule has 2 heterocycles. The molecule has 2 aromatic rings. The fraction of sp³-hybridized carbons (Fsp3) is 0.583. The summed E-state index contributed by atoms with van der Waals surface area (Å²) < 4.78 is 3.81. The highest BCUT2D eigenvalue weighted by molar-refractivity contribution is 4.99. The molecule has 0 saturated heterocycles. The van der Waals surface area contributed by atoms with E-state index in [1.807, 2.05) is 25.6 Å². The molecule has 1 N–H and O–H groups in total. The first kappa shape index (κ1) is 12.8. The zero-order chi connectivity index (χ0) is 13.0. The number of nitrogens with one attached hydrogen (secondary N) is 1. The van der Waals surface area contributed by atoms with Crippen LogP contribution in [0.2, 0.25) is 0 Å². The summed E-state index contributed by atoms with van der Waals surface area (Å²) in [6, 6.07) is 0. The van der Waals surface area contributed by atoms with E-state index < -0.39 is 0 Å². The van der Waals surface area contributed by atoms with Crippen molar-refractivity contribution in [3.05, 3.63) is 30.1 Å². The molecule has 0 spiro atoms. The molecule has 0 bridgehead atoms. The summed E-state index contributed by atoms with van der Waals surface area (Å²) in [5.74, 6) is 1.68. The van der Waals surface area contributed by atoms with Crippen LogP contribution in [0.5, 0.6) is 0 Å². The van der Waals surface area contributed by atoms with Crippen molar-refractivity contribution in [2.75, 3.05) is 6.54 Å². The summed E-state index contributed by atoms with van der Waals surface area (Å²) in [6.45, 7) is 6.88. The molecule has 0 fully saturated rings. The van der Waals surface area contributed by atoms with Gasteiger partial charge in [-0.15, -0.1) is 5.10 Å². The van der Waals surface area contributed by atoms with Crippen molar-refractivity contribution >= 4 is 0 Å². The molecule has 6 nitrogen and oxygen atoms in total. The Labute approximate surface area is 107 Å². The minimum Gasteiger partial charge on any atom is -0.328 e. The third-order valence-electron chi connectivity index (χ3n) is 2.62. The van der Waals surface area contributed by atoms with Crippen LogP contribution in [0.3, 0.4) is 0 Å². The Morgan fingerprint density at radius 3 is 2.89 bits per heavy atom. The Morgan fingerprint density at radius 1 is 1.39 bits per heavy atom. The number of hydrogen-bond acceptors (Lipinski definition) is 4. The van der Waals surface area contributed by atoms with Gasteiger partial charge >= 0.3 is 0 Å². The number of nitrogens with zero attached hydrogens (tertiary/aromatic N) is 5. The largest absolute Gasteiger partial charge is 0.328 e. The van der Waals surface area contributed by atoms with Crippen LogP contribution in [0.4, 0.5) is 0 Å². The van der Waals surface area contributed by atoms with Crippen LogP contribution >= 0.6 is 0 Å². The van der Waals surface area contributed by atoms with E-state index in [1.54, 1.807) is 4.68 Å². The lowest BCUT2D eigenvalue weighted by molar-refractivity contribution is 0.532. The third-order valence-corrected chi connectivity index (χ3v) is 2.62. The highest BCUT2D eigenvalue weighted by Gasteiger charge is 2.05. The minimum atomic E-state index is 0.647. The molecule has 0 atom stereocenters. The molecule has 2 aromatic heterocycles. The van der Waals surface area contributed by atoms with Gasteiger partial charge in [0.2, 0.25) is 0 Å². The van der Waals surface area contributed by atoms with Gasteiger partial charge in [-0.1, -0.05) is 19.1 Å². The maximum Gasteiger partial charge on any atom is 0.123 e. The van der Waals surface area contributed by atoms with Crippen LogP contribution in [-0.2, 0) is 20.1 Å². The van der Waals surface area contributed by atoms with Gasteiger partial charge in [0.15, 0.2) is 0 Å². The molecule has 98 valence electrons. The SMILES string of the molecule is CC(C)CNCc1nccn1Cc1cn(C)nn1. The second-order valence-corrected chi connectivity index (χ2v) is 4.88. The molecule has 0 amide bonds. The zero-order valence-corrected chi connectivity index (χ0v) is 11.2. The summed E-state index contributed by atoms with van der Waals surface area (Å²) in [6.07, 6.45) is 5.72. The van der Waals surface area contributed by atoms with Crippen molar-refractivity contribution in [1.82, 2.24) is 29.9 Å². The van der Waals surface area contributed by atoms with Crippen LogP contribution in [0.1, 0.15) is 25.4 Å².